The lowest BCUT2D eigenvalue weighted by Crippen LogP contribution is -2.38. The molecular weight excluding hydrogens is 210 g/mol. The molecule has 2 nitrogen and oxygen atoms in total. The average molecular weight is 235 g/mol. The van der Waals surface area contributed by atoms with Crippen LogP contribution in [-0.4, -0.2) is 19.2 Å². The molecule has 1 atom stereocenters. The Hall–Kier alpha value is -1.02. The highest BCUT2D eigenvalue weighted by Gasteiger charge is 2.12. The number of nitrogens with one attached hydrogen (secondary N) is 1. The summed E-state index contributed by atoms with van der Waals surface area (Å²) in [5, 5.41) is 3.46. The Bertz CT molecular complexity index is 327. The van der Waals surface area contributed by atoms with E-state index in [1.807, 2.05) is 0 Å². The number of benzene rings is 1. The molecule has 96 valence electrons. The molecule has 0 saturated carbocycles. The summed E-state index contributed by atoms with van der Waals surface area (Å²) in [4.78, 5) is 0. The second kappa shape index (κ2) is 6.65. The molecule has 0 fully saturated rings. The topological polar surface area (TPSA) is 21.3 Å². The van der Waals surface area contributed by atoms with Crippen LogP contribution in [0.25, 0.3) is 0 Å². The van der Waals surface area contributed by atoms with Crippen LogP contribution in [0.2, 0.25) is 0 Å². The average Bonchev–Trinajstić information content (AvgIpc) is 2.22. The number of rotatable bonds is 6. The zero-order valence-corrected chi connectivity index (χ0v) is 11.7. The van der Waals surface area contributed by atoms with Crippen LogP contribution in [0.4, 0.5) is 0 Å². The molecule has 1 rings (SSSR count). The second-order valence-electron chi connectivity index (χ2n) is 5.04. The summed E-state index contributed by atoms with van der Waals surface area (Å²) in [6.07, 6.45) is 0. The third kappa shape index (κ3) is 4.78. The molecule has 0 heterocycles. The lowest BCUT2D eigenvalue weighted by atomic mass is 10.1. The van der Waals surface area contributed by atoms with E-state index in [1.165, 1.54) is 11.1 Å². The van der Waals surface area contributed by atoms with E-state index in [4.69, 9.17) is 4.74 Å². The first-order valence-electron chi connectivity index (χ1n) is 6.47. The molecule has 0 aliphatic heterocycles. The summed E-state index contributed by atoms with van der Waals surface area (Å²) >= 11 is 0. The van der Waals surface area contributed by atoms with Crippen molar-refractivity contribution in [1.29, 1.82) is 0 Å². The highest BCUT2D eigenvalue weighted by molar-refractivity contribution is 5.33. The van der Waals surface area contributed by atoms with Gasteiger partial charge in [0.25, 0.3) is 0 Å². The maximum Gasteiger partial charge on any atom is 0.119 e. The third-order valence-electron chi connectivity index (χ3n) is 2.90. The van der Waals surface area contributed by atoms with Crippen LogP contribution >= 0.6 is 0 Å². The fraction of sp³-hybridized carbons (Fsp3) is 0.600. The van der Waals surface area contributed by atoms with Gasteiger partial charge in [0.2, 0.25) is 0 Å². The normalized spacial score (nSPS) is 12.8. The van der Waals surface area contributed by atoms with Crippen molar-refractivity contribution in [2.75, 3.05) is 13.2 Å². The van der Waals surface area contributed by atoms with Gasteiger partial charge < -0.3 is 10.1 Å². The molecule has 1 unspecified atom stereocenters. The Morgan fingerprint density at radius 1 is 1.12 bits per heavy atom. The van der Waals surface area contributed by atoms with Crippen LogP contribution in [0.15, 0.2) is 18.2 Å². The summed E-state index contributed by atoms with van der Waals surface area (Å²) in [7, 11) is 0. The number of likely N-dealkylation sites (N-methyl/N-ethyl adjacent to an activating group) is 1. The maximum absolute atomic E-state index is 5.88. The summed E-state index contributed by atoms with van der Waals surface area (Å²) in [6.45, 7) is 12.5. The van der Waals surface area contributed by atoms with Gasteiger partial charge >= 0.3 is 0 Å². The van der Waals surface area contributed by atoms with Crippen molar-refractivity contribution in [3.8, 4) is 5.75 Å². The van der Waals surface area contributed by atoms with Crippen LogP contribution in [-0.2, 0) is 0 Å². The molecule has 0 radical (unpaired) electrons. The van der Waals surface area contributed by atoms with E-state index in [2.05, 4.69) is 58.1 Å². The van der Waals surface area contributed by atoms with E-state index < -0.39 is 0 Å². The molecule has 0 bridgehead atoms. The fourth-order valence-corrected chi connectivity index (χ4v) is 1.95. The lowest BCUT2D eigenvalue weighted by molar-refractivity contribution is 0.232. The first-order valence-corrected chi connectivity index (χ1v) is 6.47. The lowest BCUT2D eigenvalue weighted by Gasteiger charge is -2.22. The first kappa shape index (κ1) is 14.0. The Balaban J connectivity index is 2.58. The van der Waals surface area contributed by atoms with Crippen molar-refractivity contribution < 1.29 is 4.74 Å². The Labute approximate surface area is 105 Å². The zero-order chi connectivity index (χ0) is 12.8. The van der Waals surface area contributed by atoms with Gasteiger partial charge in [-0.2, -0.15) is 0 Å². The molecule has 1 N–H and O–H groups in total. The van der Waals surface area contributed by atoms with Crippen molar-refractivity contribution in [2.45, 2.75) is 40.7 Å². The smallest absolute Gasteiger partial charge is 0.119 e. The number of aryl methyl sites for hydroxylation is 2. The molecule has 2 heteroatoms. The van der Waals surface area contributed by atoms with E-state index in [9.17, 15) is 0 Å². The summed E-state index contributed by atoms with van der Waals surface area (Å²) in [6, 6.07) is 6.77. The summed E-state index contributed by atoms with van der Waals surface area (Å²) in [5.74, 6) is 1.56. The Kier molecular flexibility index (Phi) is 5.49. The molecular formula is C15H25NO. The fourth-order valence-electron chi connectivity index (χ4n) is 1.95. The third-order valence-corrected chi connectivity index (χ3v) is 2.90. The molecule has 17 heavy (non-hydrogen) atoms. The van der Waals surface area contributed by atoms with Crippen LogP contribution in [0.3, 0.4) is 0 Å². The number of ether oxygens (including phenoxy) is 1. The van der Waals surface area contributed by atoms with Gasteiger partial charge in [0.05, 0.1) is 0 Å². The maximum atomic E-state index is 5.88. The van der Waals surface area contributed by atoms with Gasteiger partial charge in [-0.3, -0.25) is 0 Å². The highest BCUT2D eigenvalue weighted by atomic mass is 16.5. The summed E-state index contributed by atoms with van der Waals surface area (Å²) in [5.41, 5.74) is 2.51. The van der Waals surface area contributed by atoms with E-state index in [0.29, 0.717) is 12.0 Å². The molecule has 0 aliphatic rings. The van der Waals surface area contributed by atoms with Crippen LogP contribution in [0.1, 0.15) is 31.9 Å². The van der Waals surface area contributed by atoms with Gasteiger partial charge in [-0.25, -0.2) is 0 Å². The zero-order valence-electron chi connectivity index (χ0n) is 11.7. The van der Waals surface area contributed by atoms with Gasteiger partial charge in [-0.15, -0.1) is 0 Å². The minimum Gasteiger partial charge on any atom is -0.492 e. The van der Waals surface area contributed by atoms with Gasteiger partial charge in [0.1, 0.15) is 12.4 Å². The Morgan fingerprint density at radius 2 is 1.71 bits per heavy atom. The van der Waals surface area contributed by atoms with E-state index >= 15 is 0 Å². The van der Waals surface area contributed by atoms with Gasteiger partial charge in [0.15, 0.2) is 0 Å². The van der Waals surface area contributed by atoms with Crippen molar-refractivity contribution in [2.24, 2.45) is 5.92 Å². The standard InChI is InChI=1S/C15H25NO/c1-6-16-15(11(2)3)10-17-14-8-12(4)7-13(5)9-14/h7-9,11,15-16H,6,10H2,1-5H3. The van der Waals surface area contributed by atoms with Crippen molar-refractivity contribution in [3.05, 3.63) is 29.3 Å². The van der Waals surface area contributed by atoms with Gasteiger partial charge in [-0.05, 0) is 49.6 Å². The molecule has 0 amide bonds. The minimum atomic E-state index is 0.417. The van der Waals surface area contributed by atoms with Gasteiger partial charge in [0, 0.05) is 6.04 Å². The molecule has 0 aliphatic carbocycles. The molecule has 1 aromatic carbocycles. The van der Waals surface area contributed by atoms with Crippen LogP contribution in [0, 0.1) is 19.8 Å². The van der Waals surface area contributed by atoms with Crippen molar-refractivity contribution in [1.82, 2.24) is 5.32 Å². The SMILES string of the molecule is CCNC(COc1cc(C)cc(C)c1)C(C)C. The van der Waals surface area contributed by atoms with Gasteiger partial charge in [-0.1, -0.05) is 26.8 Å². The predicted molar refractivity (Wildman–Crippen MR) is 73.7 cm³/mol. The second-order valence-corrected chi connectivity index (χ2v) is 5.04. The molecule has 0 spiro atoms. The molecule has 1 aromatic rings. The predicted octanol–water partition coefficient (Wildman–Crippen LogP) is 3.32. The quantitative estimate of drug-likeness (QED) is 0.816. The first-order chi connectivity index (χ1) is 8.02. The number of hydrogen-bond acceptors (Lipinski definition) is 2. The molecule has 0 saturated heterocycles. The van der Waals surface area contributed by atoms with E-state index in [-0.39, 0.29) is 0 Å². The number of hydrogen-bond donors (Lipinski definition) is 1. The summed E-state index contributed by atoms with van der Waals surface area (Å²) < 4.78 is 5.88. The largest absolute Gasteiger partial charge is 0.492 e. The van der Waals surface area contributed by atoms with Crippen LogP contribution in [0.5, 0.6) is 5.75 Å². The van der Waals surface area contributed by atoms with Crippen molar-refractivity contribution >= 4 is 0 Å². The van der Waals surface area contributed by atoms with E-state index in [1.54, 1.807) is 0 Å². The monoisotopic (exact) mass is 235 g/mol. The molecule has 0 aromatic heterocycles. The Morgan fingerprint density at radius 3 is 2.18 bits per heavy atom. The minimum absolute atomic E-state index is 0.417. The van der Waals surface area contributed by atoms with Crippen molar-refractivity contribution in [3.63, 3.8) is 0 Å². The highest BCUT2D eigenvalue weighted by Crippen LogP contribution is 2.17. The van der Waals surface area contributed by atoms with E-state index in [0.717, 1.165) is 18.9 Å². The van der Waals surface area contributed by atoms with Crippen LogP contribution < -0.4 is 10.1 Å².